The number of likely N-dealkylation sites (tertiary alicyclic amines) is 1. The molecule has 0 saturated carbocycles. The highest BCUT2D eigenvalue weighted by atomic mass is 32.1. The Morgan fingerprint density at radius 3 is 3.05 bits per heavy atom. The highest BCUT2D eigenvalue weighted by molar-refractivity contribution is 7.09. The summed E-state index contributed by atoms with van der Waals surface area (Å²) in [5, 5.41) is 10.3. The van der Waals surface area contributed by atoms with Crippen molar-refractivity contribution in [2.75, 3.05) is 13.1 Å². The zero-order valence-corrected chi connectivity index (χ0v) is 13.2. The van der Waals surface area contributed by atoms with Crippen LogP contribution in [0.25, 0.3) is 0 Å². The third-order valence-electron chi connectivity index (χ3n) is 3.92. The van der Waals surface area contributed by atoms with Gasteiger partial charge in [0, 0.05) is 30.1 Å². The molecule has 1 saturated heterocycles. The monoisotopic (exact) mass is 304 g/mol. The van der Waals surface area contributed by atoms with Crippen LogP contribution in [0.2, 0.25) is 0 Å². The van der Waals surface area contributed by atoms with Gasteiger partial charge in [-0.15, -0.1) is 11.3 Å². The van der Waals surface area contributed by atoms with Crippen LogP contribution in [0.15, 0.2) is 11.4 Å². The second kappa shape index (κ2) is 5.97. The van der Waals surface area contributed by atoms with Gasteiger partial charge in [0.25, 0.3) is 0 Å². The number of aromatic amines is 1. The number of amides is 1. The number of rotatable bonds is 3. The van der Waals surface area contributed by atoms with E-state index in [0.29, 0.717) is 12.3 Å². The largest absolute Gasteiger partial charge is 0.342 e. The molecule has 2 aromatic heterocycles. The maximum atomic E-state index is 12.4. The van der Waals surface area contributed by atoms with Gasteiger partial charge in [-0.3, -0.25) is 9.89 Å². The molecule has 112 valence electrons. The molecule has 0 spiro atoms. The molecular weight excluding hydrogens is 284 g/mol. The Bertz CT molecular complexity index is 633. The molecule has 1 aliphatic rings. The second-order valence-corrected chi connectivity index (χ2v) is 6.75. The number of hydrogen-bond donors (Lipinski definition) is 1. The minimum Gasteiger partial charge on any atom is -0.342 e. The van der Waals surface area contributed by atoms with E-state index in [2.05, 4.69) is 21.2 Å². The van der Waals surface area contributed by atoms with Gasteiger partial charge in [-0.2, -0.15) is 5.10 Å². The highest BCUT2D eigenvalue weighted by Crippen LogP contribution is 2.26. The Morgan fingerprint density at radius 1 is 1.52 bits per heavy atom. The predicted octanol–water partition coefficient (Wildman–Crippen LogP) is 2.43. The fourth-order valence-corrected chi connectivity index (χ4v) is 3.46. The van der Waals surface area contributed by atoms with E-state index in [4.69, 9.17) is 0 Å². The fraction of sp³-hybridized carbons (Fsp3) is 0.533. The van der Waals surface area contributed by atoms with Gasteiger partial charge in [0.05, 0.1) is 22.8 Å². The first-order valence-corrected chi connectivity index (χ1v) is 8.20. The van der Waals surface area contributed by atoms with Crippen LogP contribution in [0.4, 0.5) is 0 Å². The van der Waals surface area contributed by atoms with Crippen molar-refractivity contribution >= 4 is 17.2 Å². The molecule has 1 fully saturated rings. The molecule has 1 aliphatic heterocycles. The van der Waals surface area contributed by atoms with Crippen LogP contribution in [0.5, 0.6) is 0 Å². The molecular formula is C15H20N4OS. The quantitative estimate of drug-likeness (QED) is 0.947. The first kappa shape index (κ1) is 14.3. The number of nitrogens with zero attached hydrogens (tertiary/aromatic N) is 3. The molecule has 1 N–H and O–H groups in total. The lowest BCUT2D eigenvalue weighted by molar-refractivity contribution is -0.131. The van der Waals surface area contributed by atoms with E-state index in [1.165, 1.54) is 0 Å². The number of thiazole rings is 1. The molecule has 0 bridgehead atoms. The molecule has 0 radical (unpaired) electrons. The normalized spacial score (nSPS) is 19.0. The standard InChI is InChI=1S/C15H20N4OS/c1-10-6-14(18-17-10)12-4-3-5-19(8-12)15(20)7-13-9-21-11(2)16-13/h6,9,12H,3-5,7-8H2,1-2H3,(H,17,18)/t12-/m1/s1. The van der Waals surface area contributed by atoms with Gasteiger partial charge >= 0.3 is 0 Å². The smallest absolute Gasteiger partial charge is 0.228 e. The van der Waals surface area contributed by atoms with Crippen molar-refractivity contribution in [3.05, 3.63) is 33.5 Å². The van der Waals surface area contributed by atoms with Gasteiger partial charge in [-0.1, -0.05) is 0 Å². The van der Waals surface area contributed by atoms with Crippen LogP contribution in [-0.4, -0.2) is 39.1 Å². The summed E-state index contributed by atoms with van der Waals surface area (Å²) < 4.78 is 0. The molecule has 0 unspecified atom stereocenters. The molecule has 0 aliphatic carbocycles. The molecule has 21 heavy (non-hydrogen) atoms. The number of hydrogen-bond acceptors (Lipinski definition) is 4. The van der Waals surface area contributed by atoms with Gasteiger partial charge < -0.3 is 4.90 Å². The van der Waals surface area contributed by atoms with Gasteiger partial charge in [0.1, 0.15) is 0 Å². The Balaban J connectivity index is 1.64. The fourth-order valence-electron chi connectivity index (χ4n) is 2.85. The summed E-state index contributed by atoms with van der Waals surface area (Å²) in [6.07, 6.45) is 2.55. The molecule has 1 amide bonds. The van der Waals surface area contributed by atoms with Crippen molar-refractivity contribution in [3.63, 3.8) is 0 Å². The molecule has 1 atom stereocenters. The van der Waals surface area contributed by atoms with Gasteiger partial charge in [-0.05, 0) is 32.8 Å². The first-order chi connectivity index (χ1) is 10.1. The van der Waals surface area contributed by atoms with Crippen LogP contribution in [0.1, 0.15) is 40.8 Å². The Kier molecular flexibility index (Phi) is 4.05. The third-order valence-corrected chi connectivity index (χ3v) is 4.74. The number of piperidine rings is 1. The maximum absolute atomic E-state index is 12.4. The molecule has 3 rings (SSSR count). The highest BCUT2D eigenvalue weighted by Gasteiger charge is 2.26. The molecule has 2 aromatic rings. The number of H-pyrrole nitrogens is 1. The average molecular weight is 304 g/mol. The average Bonchev–Trinajstić information content (AvgIpc) is 3.08. The topological polar surface area (TPSA) is 61.9 Å². The summed E-state index contributed by atoms with van der Waals surface area (Å²) in [7, 11) is 0. The lowest BCUT2D eigenvalue weighted by atomic mass is 9.94. The Morgan fingerprint density at radius 2 is 2.38 bits per heavy atom. The maximum Gasteiger partial charge on any atom is 0.228 e. The lowest BCUT2D eigenvalue weighted by Crippen LogP contribution is -2.40. The number of aryl methyl sites for hydroxylation is 2. The predicted molar refractivity (Wildman–Crippen MR) is 82.4 cm³/mol. The number of carbonyl (C=O) groups is 1. The van der Waals surface area contributed by atoms with E-state index < -0.39 is 0 Å². The third kappa shape index (κ3) is 3.32. The summed E-state index contributed by atoms with van der Waals surface area (Å²) >= 11 is 1.60. The van der Waals surface area contributed by atoms with Gasteiger partial charge in [-0.25, -0.2) is 4.98 Å². The van der Waals surface area contributed by atoms with Crippen molar-refractivity contribution in [1.29, 1.82) is 0 Å². The second-order valence-electron chi connectivity index (χ2n) is 5.69. The zero-order valence-electron chi connectivity index (χ0n) is 12.4. The molecule has 6 heteroatoms. The van der Waals surface area contributed by atoms with E-state index >= 15 is 0 Å². The summed E-state index contributed by atoms with van der Waals surface area (Å²) in [5.74, 6) is 0.530. The van der Waals surface area contributed by atoms with E-state index in [1.54, 1.807) is 11.3 Å². The SMILES string of the molecule is Cc1cc([C@@H]2CCCN(C(=O)Cc3csc(C)n3)C2)n[nH]1. The minimum atomic E-state index is 0.178. The van der Waals surface area contributed by atoms with Crippen molar-refractivity contribution in [1.82, 2.24) is 20.1 Å². The van der Waals surface area contributed by atoms with E-state index in [1.807, 2.05) is 24.1 Å². The van der Waals surface area contributed by atoms with Crippen molar-refractivity contribution < 1.29 is 4.79 Å². The van der Waals surface area contributed by atoms with Crippen molar-refractivity contribution in [2.45, 2.75) is 39.0 Å². The summed E-state index contributed by atoms with van der Waals surface area (Å²) in [5.41, 5.74) is 3.04. The van der Waals surface area contributed by atoms with Crippen LogP contribution in [-0.2, 0) is 11.2 Å². The summed E-state index contributed by atoms with van der Waals surface area (Å²) in [6, 6.07) is 2.09. The Hall–Kier alpha value is -1.69. The van der Waals surface area contributed by atoms with Crippen molar-refractivity contribution in [2.24, 2.45) is 0 Å². The van der Waals surface area contributed by atoms with Crippen molar-refractivity contribution in [3.8, 4) is 0 Å². The zero-order chi connectivity index (χ0) is 14.8. The van der Waals surface area contributed by atoms with Crippen LogP contribution in [0.3, 0.4) is 0 Å². The van der Waals surface area contributed by atoms with Crippen LogP contribution < -0.4 is 0 Å². The Labute approximate surface area is 128 Å². The van der Waals surface area contributed by atoms with E-state index in [-0.39, 0.29) is 5.91 Å². The lowest BCUT2D eigenvalue weighted by Gasteiger charge is -2.32. The first-order valence-electron chi connectivity index (χ1n) is 7.32. The number of carbonyl (C=O) groups excluding carboxylic acids is 1. The molecule has 5 nitrogen and oxygen atoms in total. The summed E-state index contributed by atoms with van der Waals surface area (Å²) in [4.78, 5) is 18.8. The number of aromatic nitrogens is 3. The van der Waals surface area contributed by atoms with Crippen LogP contribution in [0, 0.1) is 13.8 Å². The van der Waals surface area contributed by atoms with Gasteiger partial charge in [0.15, 0.2) is 0 Å². The molecule has 3 heterocycles. The number of nitrogens with one attached hydrogen (secondary N) is 1. The summed E-state index contributed by atoms with van der Waals surface area (Å²) in [6.45, 7) is 5.59. The van der Waals surface area contributed by atoms with Gasteiger partial charge in [0.2, 0.25) is 5.91 Å². The van der Waals surface area contributed by atoms with E-state index in [0.717, 1.165) is 48.0 Å². The molecule has 0 aromatic carbocycles. The minimum absolute atomic E-state index is 0.178. The van der Waals surface area contributed by atoms with E-state index in [9.17, 15) is 4.79 Å². The van der Waals surface area contributed by atoms with Crippen LogP contribution >= 0.6 is 11.3 Å².